The molecule has 0 atom stereocenters. The highest BCUT2D eigenvalue weighted by atomic mass is 32.2. The van der Waals surface area contributed by atoms with Gasteiger partial charge in [-0.3, -0.25) is 19.1 Å². The molecule has 11 nitrogen and oxygen atoms in total. The second-order valence-corrected chi connectivity index (χ2v) is 9.22. The molecule has 1 aromatic carbocycles. The van der Waals surface area contributed by atoms with Crippen molar-refractivity contribution in [1.29, 1.82) is 0 Å². The average molecular weight is 482 g/mol. The number of carbonyl (C=O) groups is 1. The summed E-state index contributed by atoms with van der Waals surface area (Å²) < 4.78 is 33.8. The van der Waals surface area contributed by atoms with Crippen molar-refractivity contribution in [2.45, 2.75) is 45.1 Å². The minimum Gasteiger partial charge on any atom is -0.495 e. The van der Waals surface area contributed by atoms with Gasteiger partial charge in [0.2, 0.25) is 10.0 Å². The van der Waals surface area contributed by atoms with Crippen LogP contribution >= 0.6 is 0 Å². The van der Waals surface area contributed by atoms with Crippen LogP contribution in [0.1, 0.15) is 44.0 Å². The number of sulfonamides is 1. The van der Waals surface area contributed by atoms with Gasteiger partial charge in [0.25, 0.3) is 11.5 Å². The van der Waals surface area contributed by atoms with Gasteiger partial charge in [0.15, 0.2) is 5.69 Å². The van der Waals surface area contributed by atoms with E-state index in [9.17, 15) is 22.8 Å². The van der Waals surface area contributed by atoms with E-state index in [0.29, 0.717) is 6.42 Å². The van der Waals surface area contributed by atoms with Crippen LogP contribution in [-0.2, 0) is 16.6 Å². The standard InChI is InChI=1S/C21H31N5O6S/c1-6-9-12-26-18(22)17(19(27)23-21(26)29)24(4)20(28)14-10-11-15(32-5)16(13-14)33(30,31)25(7-2)8-3/h10-11,13H,6-9,12,22H2,1-5H3,(H,23,27,29). The first-order valence-electron chi connectivity index (χ1n) is 10.6. The summed E-state index contributed by atoms with van der Waals surface area (Å²) in [5.41, 5.74) is 4.43. The summed E-state index contributed by atoms with van der Waals surface area (Å²) in [5.74, 6) is -0.726. The molecular formula is C21H31N5O6S. The van der Waals surface area contributed by atoms with Crippen LogP contribution in [0.3, 0.4) is 0 Å². The molecule has 0 unspecified atom stereocenters. The van der Waals surface area contributed by atoms with E-state index >= 15 is 0 Å². The van der Waals surface area contributed by atoms with E-state index < -0.39 is 27.2 Å². The minimum absolute atomic E-state index is 0.00846. The summed E-state index contributed by atoms with van der Waals surface area (Å²) in [6, 6.07) is 3.99. The van der Waals surface area contributed by atoms with Crippen LogP contribution in [0.25, 0.3) is 0 Å². The van der Waals surface area contributed by atoms with Crippen LogP contribution in [0.15, 0.2) is 32.7 Å². The fourth-order valence-electron chi connectivity index (χ4n) is 3.45. The summed E-state index contributed by atoms with van der Waals surface area (Å²) in [5, 5.41) is 0. The molecule has 0 bridgehead atoms. The molecule has 0 aliphatic carbocycles. The maximum atomic E-state index is 13.2. The van der Waals surface area contributed by atoms with Crippen molar-refractivity contribution in [3.8, 4) is 5.75 Å². The fraction of sp³-hybridized carbons (Fsp3) is 0.476. The number of nitrogen functional groups attached to an aromatic ring is 1. The monoisotopic (exact) mass is 481 g/mol. The summed E-state index contributed by atoms with van der Waals surface area (Å²) in [6.45, 7) is 6.12. The Kier molecular flexibility index (Phi) is 8.45. The second-order valence-electron chi connectivity index (χ2n) is 7.32. The molecule has 1 amide bonds. The summed E-state index contributed by atoms with van der Waals surface area (Å²) in [6.07, 6.45) is 1.45. The van der Waals surface area contributed by atoms with E-state index in [4.69, 9.17) is 10.5 Å². The molecule has 0 saturated carbocycles. The smallest absolute Gasteiger partial charge is 0.330 e. The van der Waals surface area contributed by atoms with Crippen LogP contribution in [0.5, 0.6) is 5.75 Å². The number of hydrogen-bond donors (Lipinski definition) is 2. The molecule has 12 heteroatoms. The van der Waals surface area contributed by atoms with Crippen molar-refractivity contribution < 1.29 is 17.9 Å². The van der Waals surface area contributed by atoms with Gasteiger partial charge in [-0.2, -0.15) is 4.31 Å². The van der Waals surface area contributed by atoms with Crippen molar-refractivity contribution in [3.05, 3.63) is 44.6 Å². The van der Waals surface area contributed by atoms with Crippen LogP contribution in [0, 0.1) is 0 Å². The Bertz CT molecular complexity index is 1230. The number of H-pyrrole nitrogens is 1. The molecule has 0 aliphatic rings. The number of hydrogen-bond acceptors (Lipinski definition) is 7. The van der Waals surface area contributed by atoms with Gasteiger partial charge in [0.1, 0.15) is 16.5 Å². The summed E-state index contributed by atoms with van der Waals surface area (Å²) in [4.78, 5) is 40.9. The Morgan fingerprint density at radius 1 is 1.18 bits per heavy atom. The molecule has 0 radical (unpaired) electrons. The highest BCUT2D eigenvalue weighted by molar-refractivity contribution is 7.89. The number of nitrogens with two attached hydrogens (primary N) is 1. The van der Waals surface area contributed by atoms with Crippen molar-refractivity contribution in [3.63, 3.8) is 0 Å². The van der Waals surface area contributed by atoms with E-state index in [-0.39, 0.29) is 47.3 Å². The molecule has 0 fully saturated rings. The van der Waals surface area contributed by atoms with E-state index in [1.165, 1.54) is 41.2 Å². The van der Waals surface area contributed by atoms with Crippen molar-refractivity contribution >= 4 is 27.4 Å². The van der Waals surface area contributed by atoms with E-state index in [1.807, 2.05) is 6.92 Å². The predicted molar refractivity (Wildman–Crippen MR) is 126 cm³/mol. The Labute approximate surface area is 192 Å². The average Bonchev–Trinajstić information content (AvgIpc) is 2.78. The van der Waals surface area contributed by atoms with Gasteiger partial charge in [-0.05, 0) is 24.6 Å². The van der Waals surface area contributed by atoms with E-state index in [2.05, 4.69) is 4.98 Å². The highest BCUT2D eigenvalue weighted by Crippen LogP contribution is 2.29. The molecule has 2 rings (SSSR count). The number of rotatable bonds is 10. The number of ether oxygens (including phenoxy) is 1. The number of anilines is 2. The zero-order valence-electron chi connectivity index (χ0n) is 19.5. The third kappa shape index (κ3) is 5.11. The van der Waals surface area contributed by atoms with Crippen molar-refractivity contribution in [1.82, 2.24) is 13.9 Å². The topological polar surface area (TPSA) is 148 Å². The lowest BCUT2D eigenvalue weighted by molar-refractivity contribution is 0.0992. The number of aromatic amines is 1. The maximum Gasteiger partial charge on any atom is 0.330 e. The Morgan fingerprint density at radius 2 is 1.82 bits per heavy atom. The lowest BCUT2D eigenvalue weighted by Crippen LogP contribution is -2.39. The number of carbonyl (C=O) groups excluding carboxylic acids is 1. The molecule has 33 heavy (non-hydrogen) atoms. The molecule has 2 aromatic rings. The third-order valence-corrected chi connectivity index (χ3v) is 7.39. The number of nitrogens with one attached hydrogen (secondary N) is 1. The number of unbranched alkanes of at least 4 members (excludes halogenated alkanes) is 1. The molecular weight excluding hydrogens is 450 g/mol. The van der Waals surface area contributed by atoms with E-state index in [1.54, 1.807) is 13.8 Å². The Balaban J connectivity index is 2.59. The zero-order chi connectivity index (χ0) is 24.9. The van der Waals surface area contributed by atoms with Gasteiger partial charge in [-0.1, -0.05) is 27.2 Å². The molecule has 0 saturated heterocycles. The Morgan fingerprint density at radius 3 is 2.36 bits per heavy atom. The maximum absolute atomic E-state index is 13.2. The number of amides is 1. The van der Waals surface area contributed by atoms with Crippen molar-refractivity contribution in [2.24, 2.45) is 0 Å². The first-order chi connectivity index (χ1) is 15.5. The lowest BCUT2D eigenvalue weighted by Gasteiger charge is -2.22. The first-order valence-corrected chi connectivity index (χ1v) is 12.1. The lowest BCUT2D eigenvalue weighted by atomic mass is 10.2. The molecule has 0 aliphatic heterocycles. The summed E-state index contributed by atoms with van der Waals surface area (Å²) >= 11 is 0. The molecule has 1 aromatic heterocycles. The SMILES string of the molecule is CCCCn1c(N)c(N(C)C(=O)c2ccc(OC)c(S(=O)(=O)N(CC)CC)c2)c(=O)[nH]c1=O. The number of nitrogens with zero attached hydrogens (tertiary/aromatic N) is 3. The third-order valence-electron chi connectivity index (χ3n) is 5.32. The van der Waals surface area contributed by atoms with E-state index in [0.717, 1.165) is 11.3 Å². The number of aromatic nitrogens is 2. The van der Waals surface area contributed by atoms with Gasteiger partial charge in [-0.15, -0.1) is 0 Å². The molecule has 182 valence electrons. The van der Waals surface area contributed by atoms with Crippen LogP contribution in [0.2, 0.25) is 0 Å². The van der Waals surface area contributed by atoms with Gasteiger partial charge < -0.3 is 15.4 Å². The summed E-state index contributed by atoms with van der Waals surface area (Å²) in [7, 11) is -1.26. The highest BCUT2D eigenvalue weighted by Gasteiger charge is 2.28. The van der Waals surface area contributed by atoms with Crippen LogP contribution in [0.4, 0.5) is 11.5 Å². The quantitative estimate of drug-likeness (QED) is 0.519. The minimum atomic E-state index is -3.93. The van der Waals surface area contributed by atoms with Crippen LogP contribution in [-0.4, -0.2) is 55.4 Å². The van der Waals surface area contributed by atoms with Crippen LogP contribution < -0.4 is 26.6 Å². The Hall–Kier alpha value is -3.12. The van der Waals surface area contributed by atoms with Gasteiger partial charge in [0, 0.05) is 32.2 Å². The zero-order valence-corrected chi connectivity index (χ0v) is 20.4. The second kappa shape index (κ2) is 10.7. The van der Waals surface area contributed by atoms with Gasteiger partial charge >= 0.3 is 5.69 Å². The molecule has 3 N–H and O–H groups in total. The predicted octanol–water partition coefficient (Wildman–Crippen LogP) is 1.23. The molecule has 0 spiro atoms. The number of methoxy groups -OCH3 is 1. The largest absolute Gasteiger partial charge is 0.495 e. The molecule has 1 heterocycles. The van der Waals surface area contributed by atoms with Gasteiger partial charge in [0.05, 0.1) is 7.11 Å². The number of benzene rings is 1. The fourth-order valence-corrected chi connectivity index (χ4v) is 5.09. The first kappa shape index (κ1) is 26.1. The van der Waals surface area contributed by atoms with Crippen molar-refractivity contribution in [2.75, 3.05) is 37.9 Å². The van der Waals surface area contributed by atoms with Gasteiger partial charge in [-0.25, -0.2) is 13.2 Å². The normalized spacial score (nSPS) is 11.6.